The first-order valence-electron chi connectivity index (χ1n) is 5.17. The second-order valence-electron chi connectivity index (χ2n) is 3.53. The highest BCUT2D eigenvalue weighted by Crippen LogP contribution is 2.30. The zero-order chi connectivity index (χ0) is 13.8. The molecule has 8 heteroatoms. The number of amides is 1. The van der Waals surface area contributed by atoms with E-state index in [0.29, 0.717) is 5.56 Å². The third kappa shape index (κ3) is 2.80. The van der Waals surface area contributed by atoms with Crippen molar-refractivity contribution in [2.24, 2.45) is 0 Å². The van der Waals surface area contributed by atoms with Crippen molar-refractivity contribution >= 4 is 29.1 Å². The molecule has 0 aliphatic carbocycles. The van der Waals surface area contributed by atoms with E-state index in [1.165, 1.54) is 18.4 Å². The lowest BCUT2D eigenvalue weighted by Gasteiger charge is -2.01. The van der Waals surface area contributed by atoms with E-state index in [1.807, 2.05) is 0 Å². The average molecular weight is 282 g/mol. The van der Waals surface area contributed by atoms with E-state index >= 15 is 0 Å². The summed E-state index contributed by atoms with van der Waals surface area (Å²) in [4.78, 5) is 22.6. The normalized spacial score (nSPS) is 10.4. The molecule has 0 unspecified atom stereocenters. The molecule has 2 aromatic heterocycles. The fourth-order valence-corrected chi connectivity index (χ4v) is 2.10. The molecule has 2 rings (SSSR count). The number of ether oxygens (including phenoxy) is 1. The summed E-state index contributed by atoms with van der Waals surface area (Å²) in [5, 5.41) is 18.7. The largest absolute Gasteiger partial charge is 0.477 e. The Hall–Kier alpha value is -2.19. The standard InChI is InChI=1S/C11H10N2O5S/c1-17-4-7(14)12-10-8(11(15)16)9(13-18-10)6-2-3-19-5-6/h2-3,5H,4H2,1H3,(H,12,14)(H,15,16). The van der Waals surface area contributed by atoms with Crippen LogP contribution in [0, 0.1) is 0 Å². The number of thiophene rings is 1. The smallest absolute Gasteiger partial charge is 0.343 e. The molecule has 1 amide bonds. The number of nitrogens with zero attached hydrogens (tertiary/aromatic N) is 1. The number of hydrogen-bond acceptors (Lipinski definition) is 6. The van der Waals surface area contributed by atoms with Crippen LogP contribution in [0.2, 0.25) is 0 Å². The highest BCUT2D eigenvalue weighted by atomic mass is 32.1. The molecular formula is C11H10N2O5S. The Bertz CT molecular complexity index is 590. The van der Waals surface area contributed by atoms with Gasteiger partial charge in [0.1, 0.15) is 12.3 Å². The van der Waals surface area contributed by atoms with Crippen LogP contribution in [0.4, 0.5) is 5.88 Å². The molecule has 0 aliphatic heterocycles. The predicted molar refractivity (Wildman–Crippen MR) is 67.3 cm³/mol. The number of methoxy groups -OCH3 is 1. The lowest BCUT2D eigenvalue weighted by Crippen LogP contribution is -2.18. The summed E-state index contributed by atoms with van der Waals surface area (Å²) in [6, 6.07) is 1.72. The van der Waals surface area contributed by atoms with Gasteiger partial charge in [-0.3, -0.25) is 10.1 Å². The minimum atomic E-state index is -1.23. The number of carbonyl (C=O) groups is 2. The predicted octanol–water partition coefficient (Wildman–Crippen LogP) is 1.69. The van der Waals surface area contributed by atoms with Crippen LogP contribution in [-0.4, -0.2) is 35.9 Å². The van der Waals surface area contributed by atoms with Crippen LogP contribution in [0.15, 0.2) is 21.3 Å². The number of carboxylic acid groups (broad SMARTS) is 1. The molecule has 0 aromatic carbocycles. The summed E-state index contributed by atoms with van der Waals surface area (Å²) in [5.74, 6) is -1.94. The van der Waals surface area contributed by atoms with Gasteiger partial charge in [-0.15, -0.1) is 0 Å². The number of carboxylic acids is 1. The van der Waals surface area contributed by atoms with E-state index in [9.17, 15) is 14.7 Å². The molecule has 0 fully saturated rings. The lowest BCUT2D eigenvalue weighted by molar-refractivity contribution is -0.119. The Balaban J connectivity index is 2.35. The number of rotatable bonds is 5. The molecule has 0 bridgehead atoms. The first-order valence-corrected chi connectivity index (χ1v) is 6.12. The molecule has 0 atom stereocenters. The van der Waals surface area contributed by atoms with Crippen LogP contribution in [0.5, 0.6) is 0 Å². The summed E-state index contributed by atoms with van der Waals surface area (Å²) in [6.45, 7) is -0.201. The van der Waals surface area contributed by atoms with Crippen molar-refractivity contribution in [3.8, 4) is 11.3 Å². The summed E-state index contributed by atoms with van der Waals surface area (Å²) in [6.07, 6.45) is 0. The number of carbonyl (C=O) groups excluding carboxylic acids is 1. The maximum atomic E-state index is 11.4. The monoisotopic (exact) mass is 282 g/mol. The second-order valence-corrected chi connectivity index (χ2v) is 4.31. The van der Waals surface area contributed by atoms with Crippen LogP contribution in [0.3, 0.4) is 0 Å². The van der Waals surface area contributed by atoms with Crippen molar-refractivity contribution < 1.29 is 24.0 Å². The van der Waals surface area contributed by atoms with E-state index < -0.39 is 11.9 Å². The minimum Gasteiger partial charge on any atom is -0.477 e. The Labute approximate surface area is 111 Å². The van der Waals surface area contributed by atoms with E-state index in [2.05, 4.69) is 15.2 Å². The highest BCUT2D eigenvalue weighted by Gasteiger charge is 2.25. The second kappa shape index (κ2) is 5.63. The van der Waals surface area contributed by atoms with E-state index in [1.54, 1.807) is 16.8 Å². The molecular weight excluding hydrogens is 272 g/mol. The van der Waals surface area contributed by atoms with Gasteiger partial charge in [0, 0.05) is 18.1 Å². The minimum absolute atomic E-state index is 0.178. The summed E-state index contributed by atoms with van der Waals surface area (Å²) in [7, 11) is 1.36. The molecule has 0 saturated heterocycles. The molecule has 2 aromatic rings. The van der Waals surface area contributed by atoms with Crippen molar-refractivity contribution in [3.63, 3.8) is 0 Å². The van der Waals surface area contributed by atoms with Crippen LogP contribution in [0.1, 0.15) is 10.4 Å². The molecule has 2 N–H and O–H groups in total. The maximum absolute atomic E-state index is 11.4. The first-order chi connectivity index (χ1) is 9.13. The SMILES string of the molecule is COCC(=O)Nc1onc(-c2ccsc2)c1C(=O)O. The van der Waals surface area contributed by atoms with Gasteiger partial charge in [-0.2, -0.15) is 11.3 Å². The average Bonchev–Trinajstić information content (AvgIpc) is 2.96. The maximum Gasteiger partial charge on any atom is 0.343 e. The van der Waals surface area contributed by atoms with Gasteiger partial charge in [-0.05, 0) is 11.4 Å². The van der Waals surface area contributed by atoms with Gasteiger partial charge in [-0.25, -0.2) is 4.79 Å². The molecule has 7 nitrogen and oxygen atoms in total. The first kappa shape index (κ1) is 13.2. The van der Waals surface area contributed by atoms with Crippen molar-refractivity contribution in [3.05, 3.63) is 22.4 Å². The van der Waals surface area contributed by atoms with Crippen LogP contribution in [0.25, 0.3) is 11.3 Å². The number of aromatic nitrogens is 1. The van der Waals surface area contributed by atoms with Gasteiger partial charge in [0.15, 0.2) is 5.56 Å². The van der Waals surface area contributed by atoms with Crippen molar-refractivity contribution in [1.29, 1.82) is 0 Å². The molecule has 0 saturated carbocycles. The molecule has 0 radical (unpaired) electrons. The van der Waals surface area contributed by atoms with Gasteiger partial charge in [0.25, 0.3) is 5.91 Å². The Kier molecular flexibility index (Phi) is 3.93. The van der Waals surface area contributed by atoms with Crippen molar-refractivity contribution in [2.75, 3.05) is 19.0 Å². The molecule has 2 heterocycles. The molecule has 0 aliphatic rings. The van der Waals surface area contributed by atoms with Gasteiger partial charge in [0.05, 0.1) is 0 Å². The van der Waals surface area contributed by atoms with Gasteiger partial charge >= 0.3 is 5.97 Å². The fraction of sp³-hybridized carbons (Fsp3) is 0.182. The van der Waals surface area contributed by atoms with E-state index in [0.717, 1.165) is 0 Å². The number of nitrogens with one attached hydrogen (secondary N) is 1. The third-order valence-corrected chi connectivity index (χ3v) is 2.91. The van der Waals surface area contributed by atoms with Crippen molar-refractivity contribution in [2.45, 2.75) is 0 Å². The third-order valence-electron chi connectivity index (χ3n) is 2.23. The van der Waals surface area contributed by atoms with Crippen LogP contribution >= 0.6 is 11.3 Å². The topological polar surface area (TPSA) is 102 Å². The summed E-state index contributed by atoms with van der Waals surface area (Å²) < 4.78 is 9.52. The zero-order valence-electron chi connectivity index (χ0n) is 9.87. The molecule has 0 spiro atoms. The van der Waals surface area contributed by atoms with Crippen LogP contribution in [-0.2, 0) is 9.53 Å². The van der Waals surface area contributed by atoms with E-state index in [4.69, 9.17) is 4.52 Å². The summed E-state index contributed by atoms with van der Waals surface area (Å²) in [5.41, 5.74) is 0.628. The lowest BCUT2D eigenvalue weighted by atomic mass is 10.1. The van der Waals surface area contributed by atoms with Gasteiger partial charge < -0.3 is 14.4 Å². The number of hydrogen-bond donors (Lipinski definition) is 2. The number of aromatic carboxylic acids is 1. The quantitative estimate of drug-likeness (QED) is 0.865. The molecule has 100 valence electrons. The van der Waals surface area contributed by atoms with Gasteiger partial charge in [0.2, 0.25) is 5.88 Å². The Morgan fingerprint density at radius 2 is 2.37 bits per heavy atom. The van der Waals surface area contributed by atoms with E-state index in [-0.39, 0.29) is 23.7 Å². The van der Waals surface area contributed by atoms with Crippen LogP contribution < -0.4 is 5.32 Å². The van der Waals surface area contributed by atoms with Crippen molar-refractivity contribution in [1.82, 2.24) is 5.16 Å². The summed E-state index contributed by atoms with van der Waals surface area (Å²) >= 11 is 1.40. The van der Waals surface area contributed by atoms with Gasteiger partial charge in [-0.1, -0.05) is 5.16 Å². The highest BCUT2D eigenvalue weighted by molar-refractivity contribution is 7.08. The number of anilines is 1. The zero-order valence-corrected chi connectivity index (χ0v) is 10.7. The fourth-order valence-electron chi connectivity index (χ4n) is 1.46. The molecule has 19 heavy (non-hydrogen) atoms. The Morgan fingerprint density at radius 3 is 2.95 bits per heavy atom. The Morgan fingerprint density at radius 1 is 1.58 bits per heavy atom.